The van der Waals surface area contributed by atoms with Crippen LogP contribution in [-0.4, -0.2) is 45.5 Å². The van der Waals surface area contributed by atoms with Crippen LogP contribution < -0.4 is 5.32 Å². The van der Waals surface area contributed by atoms with Crippen LogP contribution in [0.15, 0.2) is 0 Å². The minimum Gasteiger partial charge on any atom is -0.277 e. The van der Waals surface area contributed by atoms with Gasteiger partial charge in [-0.2, -0.15) is 0 Å². The summed E-state index contributed by atoms with van der Waals surface area (Å²) in [4.78, 5) is 37.2. The number of urea groups is 1. The molecule has 1 unspecified atom stereocenters. The van der Waals surface area contributed by atoms with Crippen LogP contribution in [0, 0.1) is 5.41 Å². The fourth-order valence-electron chi connectivity index (χ4n) is 2.78. The van der Waals surface area contributed by atoms with Crippen LogP contribution in [-0.2, 0) is 20.4 Å². The van der Waals surface area contributed by atoms with Gasteiger partial charge in [0.25, 0.3) is 0 Å². The Kier molecular flexibility index (Phi) is 4.03. The van der Waals surface area contributed by atoms with E-state index in [9.17, 15) is 18.6 Å². The average Bonchev–Trinajstić information content (AvgIpc) is 2.82. The highest BCUT2D eigenvalue weighted by Crippen LogP contribution is 2.41. The van der Waals surface area contributed by atoms with E-state index in [2.05, 4.69) is 5.32 Å². The maximum Gasteiger partial charge on any atom is 0.330 e. The molecule has 1 aliphatic carbocycles. The van der Waals surface area contributed by atoms with E-state index in [0.29, 0.717) is 25.0 Å². The first-order chi connectivity index (χ1) is 8.97. The van der Waals surface area contributed by atoms with Gasteiger partial charge in [-0.25, -0.2) is 4.79 Å². The molecule has 0 aromatic heterocycles. The van der Waals surface area contributed by atoms with Crippen molar-refractivity contribution in [3.63, 3.8) is 0 Å². The summed E-state index contributed by atoms with van der Waals surface area (Å²) >= 11 is 0. The van der Waals surface area contributed by atoms with Gasteiger partial charge in [-0.3, -0.25) is 24.0 Å². The summed E-state index contributed by atoms with van der Waals surface area (Å²) in [7, 11) is -0.946. The van der Waals surface area contributed by atoms with Gasteiger partial charge in [0, 0.05) is 29.4 Å². The molecule has 2 aliphatic rings. The molecular formula is C12H18N2O4S. The zero-order valence-corrected chi connectivity index (χ0v) is 11.8. The topological polar surface area (TPSA) is 83.6 Å². The fourth-order valence-corrected chi connectivity index (χ4v) is 3.32. The Labute approximate surface area is 114 Å². The molecule has 19 heavy (non-hydrogen) atoms. The molecule has 7 heteroatoms. The van der Waals surface area contributed by atoms with Crippen molar-refractivity contribution in [1.29, 1.82) is 0 Å². The Hall–Kier alpha value is -1.24. The summed E-state index contributed by atoms with van der Waals surface area (Å²) in [6, 6.07) is -0.644. The molecule has 1 spiro atoms. The summed E-state index contributed by atoms with van der Waals surface area (Å²) in [5, 5.41) is 2.28. The van der Waals surface area contributed by atoms with E-state index in [1.54, 1.807) is 6.26 Å². The van der Waals surface area contributed by atoms with E-state index in [1.165, 1.54) is 0 Å². The second kappa shape index (κ2) is 5.40. The first-order valence-corrected chi connectivity index (χ1v) is 8.17. The predicted octanol–water partition coefficient (Wildman–Crippen LogP) is 0.394. The fraction of sp³-hybridized carbons (Fsp3) is 0.750. The van der Waals surface area contributed by atoms with E-state index >= 15 is 0 Å². The average molecular weight is 286 g/mol. The Bertz CT molecular complexity index is 443. The summed E-state index contributed by atoms with van der Waals surface area (Å²) in [5.41, 5.74) is -1.03. The number of carbonyl (C=O) groups excluding carboxylic acids is 3. The zero-order chi connectivity index (χ0) is 14.0. The number of rotatable bonds is 4. The maximum atomic E-state index is 12.4. The van der Waals surface area contributed by atoms with Gasteiger partial charge in [0.15, 0.2) is 0 Å². The third kappa shape index (κ3) is 2.56. The molecule has 1 heterocycles. The van der Waals surface area contributed by atoms with Crippen LogP contribution in [0.1, 0.15) is 32.1 Å². The SMILES string of the molecule is CS(=O)CCCN1C(=O)NC(=O)C2(CCCC2)C1=O. The second-order valence-electron chi connectivity index (χ2n) is 5.14. The number of hydrogen-bond donors (Lipinski definition) is 1. The number of hydrogen-bond acceptors (Lipinski definition) is 4. The Morgan fingerprint density at radius 3 is 2.47 bits per heavy atom. The lowest BCUT2D eigenvalue weighted by Crippen LogP contribution is -2.63. The molecule has 1 saturated heterocycles. The highest BCUT2D eigenvalue weighted by atomic mass is 32.2. The molecule has 0 radical (unpaired) electrons. The first kappa shape index (κ1) is 14.2. The third-order valence-corrected chi connectivity index (χ3v) is 4.69. The Morgan fingerprint density at radius 1 is 1.26 bits per heavy atom. The van der Waals surface area contributed by atoms with Crippen LogP contribution in [0.4, 0.5) is 4.79 Å². The number of carbonyl (C=O) groups is 3. The molecule has 2 fully saturated rings. The van der Waals surface area contributed by atoms with E-state index in [-0.39, 0.29) is 12.5 Å². The van der Waals surface area contributed by atoms with Gasteiger partial charge in [0.05, 0.1) is 0 Å². The van der Waals surface area contributed by atoms with Gasteiger partial charge < -0.3 is 0 Å². The first-order valence-electron chi connectivity index (χ1n) is 6.45. The van der Waals surface area contributed by atoms with E-state index in [0.717, 1.165) is 17.7 Å². The summed E-state index contributed by atoms with van der Waals surface area (Å²) < 4.78 is 11.0. The van der Waals surface area contributed by atoms with Crippen LogP contribution in [0.2, 0.25) is 0 Å². The van der Waals surface area contributed by atoms with Crippen molar-refractivity contribution in [2.24, 2.45) is 5.41 Å². The molecule has 0 bridgehead atoms. The summed E-state index contributed by atoms with van der Waals surface area (Å²) in [6.45, 7) is 0.222. The van der Waals surface area contributed by atoms with Gasteiger partial charge in [-0.15, -0.1) is 0 Å². The van der Waals surface area contributed by atoms with Crippen LogP contribution >= 0.6 is 0 Å². The number of nitrogens with zero attached hydrogens (tertiary/aromatic N) is 1. The van der Waals surface area contributed by atoms with Crippen molar-refractivity contribution in [2.75, 3.05) is 18.6 Å². The van der Waals surface area contributed by atoms with Gasteiger partial charge in [0.2, 0.25) is 11.8 Å². The molecular weight excluding hydrogens is 268 g/mol. The van der Waals surface area contributed by atoms with Gasteiger partial charge in [0.1, 0.15) is 5.41 Å². The van der Waals surface area contributed by atoms with Crippen molar-refractivity contribution >= 4 is 28.6 Å². The van der Waals surface area contributed by atoms with E-state index in [1.807, 2.05) is 0 Å². The lowest BCUT2D eigenvalue weighted by Gasteiger charge is -2.36. The zero-order valence-electron chi connectivity index (χ0n) is 10.9. The van der Waals surface area contributed by atoms with Gasteiger partial charge >= 0.3 is 6.03 Å². The normalized spacial score (nSPS) is 23.8. The molecule has 4 amide bonds. The van der Waals surface area contributed by atoms with Crippen molar-refractivity contribution < 1.29 is 18.6 Å². The predicted molar refractivity (Wildman–Crippen MR) is 69.7 cm³/mol. The highest BCUT2D eigenvalue weighted by Gasteiger charge is 2.54. The number of barbiturate groups is 1. The molecule has 0 aromatic carbocycles. The Morgan fingerprint density at radius 2 is 1.89 bits per heavy atom. The minimum atomic E-state index is -1.03. The highest BCUT2D eigenvalue weighted by molar-refractivity contribution is 7.84. The molecule has 1 aliphatic heterocycles. The molecule has 1 saturated carbocycles. The number of nitrogens with one attached hydrogen (secondary N) is 1. The molecule has 6 nitrogen and oxygen atoms in total. The summed E-state index contributed by atoms with van der Waals surface area (Å²) in [5.74, 6) is -0.381. The largest absolute Gasteiger partial charge is 0.330 e. The number of imide groups is 2. The minimum absolute atomic E-state index is 0.222. The molecule has 2 rings (SSSR count). The molecule has 1 atom stereocenters. The lowest BCUT2D eigenvalue weighted by atomic mass is 9.82. The smallest absolute Gasteiger partial charge is 0.277 e. The second-order valence-corrected chi connectivity index (χ2v) is 6.69. The molecule has 1 N–H and O–H groups in total. The molecule has 106 valence electrons. The monoisotopic (exact) mass is 286 g/mol. The summed E-state index contributed by atoms with van der Waals surface area (Å²) in [6.07, 6.45) is 4.77. The van der Waals surface area contributed by atoms with Crippen molar-refractivity contribution in [3.8, 4) is 0 Å². The van der Waals surface area contributed by atoms with Gasteiger partial charge in [-0.05, 0) is 19.3 Å². The lowest BCUT2D eigenvalue weighted by molar-refractivity contribution is -0.151. The van der Waals surface area contributed by atoms with E-state index < -0.39 is 28.2 Å². The van der Waals surface area contributed by atoms with Gasteiger partial charge in [-0.1, -0.05) is 12.8 Å². The van der Waals surface area contributed by atoms with Crippen molar-refractivity contribution in [2.45, 2.75) is 32.1 Å². The van der Waals surface area contributed by atoms with Crippen molar-refractivity contribution in [3.05, 3.63) is 0 Å². The van der Waals surface area contributed by atoms with Crippen molar-refractivity contribution in [1.82, 2.24) is 10.2 Å². The number of amides is 4. The van der Waals surface area contributed by atoms with Crippen LogP contribution in [0.3, 0.4) is 0 Å². The maximum absolute atomic E-state index is 12.4. The molecule has 0 aromatic rings. The van der Waals surface area contributed by atoms with Crippen LogP contribution in [0.25, 0.3) is 0 Å². The van der Waals surface area contributed by atoms with E-state index in [4.69, 9.17) is 0 Å². The standard InChI is InChI=1S/C12H18N2O4S/c1-19(18)8-4-7-14-10(16)12(5-2-3-6-12)9(15)13-11(14)17/h2-8H2,1H3,(H,13,15,17). The Balaban J connectivity index is 2.10. The quantitative estimate of drug-likeness (QED) is 0.758. The van der Waals surface area contributed by atoms with Crippen LogP contribution in [0.5, 0.6) is 0 Å². The third-order valence-electron chi connectivity index (χ3n) is 3.83.